The molecule has 0 saturated heterocycles. The topological polar surface area (TPSA) is 116 Å². The first kappa shape index (κ1) is 18.4. The van der Waals surface area contributed by atoms with Gasteiger partial charge < -0.3 is 21.3 Å². The maximum atomic E-state index is 11.1. The number of hydrogen-bond acceptors (Lipinski definition) is 5. The molecule has 0 aliphatic rings. The van der Waals surface area contributed by atoms with Crippen molar-refractivity contribution in [1.82, 2.24) is 0 Å². The van der Waals surface area contributed by atoms with Gasteiger partial charge in [-0.1, -0.05) is 30.3 Å². The molecule has 0 radical (unpaired) electrons. The van der Waals surface area contributed by atoms with Crippen LogP contribution in [0, 0.1) is 0 Å². The van der Waals surface area contributed by atoms with Gasteiger partial charge in [-0.25, -0.2) is 0 Å². The summed E-state index contributed by atoms with van der Waals surface area (Å²) < 4.78 is 4.93. The Morgan fingerprint density at radius 1 is 1.30 bits per heavy atom. The van der Waals surface area contributed by atoms with E-state index in [0.29, 0.717) is 0 Å². The number of hydrogen-bond donors (Lipinski definition) is 3. The Labute approximate surface area is 122 Å². The number of carbonyl (C=O) groups is 2. The van der Waals surface area contributed by atoms with Gasteiger partial charge in [0, 0.05) is 5.88 Å². The molecule has 2 unspecified atom stereocenters. The smallest absolute Gasteiger partial charge is 0.324 e. The van der Waals surface area contributed by atoms with Gasteiger partial charge in [0.25, 0.3) is 0 Å². The maximum Gasteiger partial charge on any atom is 0.324 e. The number of rotatable bonds is 5. The van der Waals surface area contributed by atoms with Gasteiger partial charge in [-0.15, -0.1) is 11.6 Å². The van der Waals surface area contributed by atoms with Gasteiger partial charge in [0.15, 0.2) is 0 Å². The van der Waals surface area contributed by atoms with Gasteiger partial charge in [-0.3, -0.25) is 9.59 Å². The molecule has 0 saturated carbocycles. The van der Waals surface area contributed by atoms with Crippen LogP contribution in [-0.2, 0) is 20.9 Å². The average Bonchev–Trinajstić information content (AvgIpc) is 2.45. The molecule has 1 aromatic rings. The number of carbonyl (C=O) groups excluding carboxylic acids is 1. The fourth-order valence-corrected chi connectivity index (χ4v) is 1.02. The fourth-order valence-electron chi connectivity index (χ4n) is 0.899. The van der Waals surface area contributed by atoms with Crippen molar-refractivity contribution in [3.05, 3.63) is 35.9 Å². The first-order valence-corrected chi connectivity index (χ1v) is 6.42. The van der Waals surface area contributed by atoms with E-state index in [2.05, 4.69) is 0 Å². The second-order valence-corrected chi connectivity index (χ2v) is 4.29. The third kappa shape index (κ3) is 8.47. The molecule has 20 heavy (non-hydrogen) atoms. The molecular weight excluding hydrogens is 284 g/mol. The Morgan fingerprint density at radius 3 is 2.20 bits per heavy atom. The zero-order valence-electron chi connectivity index (χ0n) is 11.2. The third-order valence-electron chi connectivity index (χ3n) is 2.08. The molecule has 1 aromatic carbocycles. The van der Waals surface area contributed by atoms with E-state index in [1.165, 1.54) is 6.92 Å². The Kier molecular flexibility index (Phi) is 9.36. The van der Waals surface area contributed by atoms with Gasteiger partial charge in [-0.2, -0.15) is 0 Å². The molecule has 1 rings (SSSR count). The summed E-state index contributed by atoms with van der Waals surface area (Å²) >= 11 is 5.40. The zero-order valence-corrected chi connectivity index (χ0v) is 11.9. The zero-order chi connectivity index (χ0) is 15.5. The molecule has 0 heterocycles. The van der Waals surface area contributed by atoms with Crippen molar-refractivity contribution in [3.8, 4) is 0 Å². The maximum absolute atomic E-state index is 11.1. The first-order valence-electron chi connectivity index (χ1n) is 5.89. The van der Waals surface area contributed by atoms with Gasteiger partial charge in [-0.05, 0) is 12.5 Å². The summed E-state index contributed by atoms with van der Waals surface area (Å²) in [4.78, 5) is 20.7. The Morgan fingerprint density at radius 2 is 1.80 bits per heavy atom. The summed E-state index contributed by atoms with van der Waals surface area (Å²) in [5.41, 5.74) is 11.1. The minimum Gasteiger partial charge on any atom is -0.480 e. The van der Waals surface area contributed by atoms with Crippen LogP contribution < -0.4 is 11.5 Å². The van der Waals surface area contributed by atoms with Gasteiger partial charge >= 0.3 is 11.9 Å². The molecule has 0 aromatic heterocycles. The number of ether oxygens (including phenoxy) is 1. The van der Waals surface area contributed by atoms with Crippen molar-refractivity contribution in [2.75, 3.05) is 5.88 Å². The van der Waals surface area contributed by atoms with E-state index in [9.17, 15) is 9.59 Å². The lowest BCUT2D eigenvalue weighted by Crippen LogP contribution is -2.33. The van der Waals surface area contributed by atoms with Crippen molar-refractivity contribution < 1.29 is 19.4 Å². The summed E-state index contributed by atoms with van der Waals surface area (Å²) in [5.74, 6) is -1.35. The largest absolute Gasteiger partial charge is 0.480 e. The molecule has 112 valence electrons. The molecule has 0 aliphatic heterocycles. The minimum absolute atomic E-state index is 0.0770. The average molecular weight is 303 g/mol. The molecule has 6 nitrogen and oxygen atoms in total. The van der Waals surface area contributed by atoms with Crippen molar-refractivity contribution in [2.45, 2.75) is 25.6 Å². The molecule has 0 amide bonds. The molecular formula is C13H19ClN2O4. The van der Waals surface area contributed by atoms with Crippen LogP contribution in [0.1, 0.15) is 12.5 Å². The van der Waals surface area contributed by atoms with Gasteiger partial charge in [0.05, 0.1) is 0 Å². The number of carboxylic acid groups (broad SMARTS) is 1. The standard InChI is InChI=1S/C10H12ClNO2.C3H7NO2/c11-6-9(12)10(13)14-7-8-4-2-1-3-5-8;1-2(4)3(5)6/h1-5,9H,6-7,12H2;2H,4H2,1H3,(H,5,6). The number of alkyl halides is 1. The quantitative estimate of drug-likeness (QED) is 0.545. The van der Waals surface area contributed by atoms with Crippen LogP contribution in [0.2, 0.25) is 0 Å². The molecule has 5 N–H and O–H groups in total. The number of esters is 1. The van der Waals surface area contributed by atoms with Crippen LogP contribution in [0.4, 0.5) is 0 Å². The summed E-state index contributed by atoms with van der Waals surface area (Å²) in [7, 11) is 0. The number of carboxylic acids is 1. The lowest BCUT2D eigenvalue weighted by Gasteiger charge is -2.08. The number of aliphatic carboxylic acids is 1. The van der Waals surface area contributed by atoms with E-state index in [4.69, 9.17) is 32.9 Å². The van der Waals surface area contributed by atoms with Crippen molar-refractivity contribution in [3.63, 3.8) is 0 Å². The molecule has 0 fully saturated rings. The van der Waals surface area contributed by atoms with E-state index in [1.54, 1.807) is 0 Å². The van der Waals surface area contributed by atoms with Gasteiger partial charge in [0.1, 0.15) is 18.7 Å². The Hall–Kier alpha value is -1.63. The number of benzene rings is 1. The van der Waals surface area contributed by atoms with Gasteiger partial charge in [0.2, 0.25) is 0 Å². The summed E-state index contributed by atoms with van der Waals surface area (Å²) in [6, 6.07) is 7.94. The van der Waals surface area contributed by atoms with Crippen LogP contribution in [0.25, 0.3) is 0 Å². The highest BCUT2D eigenvalue weighted by Crippen LogP contribution is 2.01. The summed E-state index contributed by atoms with van der Waals surface area (Å²) in [6.07, 6.45) is 0. The van der Waals surface area contributed by atoms with Crippen LogP contribution in [0.5, 0.6) is 0 Å². The predicted octanol–water partition coefficient (Wildman–Crippen LogP) is 0.714. The second kappa shape index (κ2) is 10.2. The molecule has 0 aliphatic carbocycles. The SMILES string of the molecule is CC(N)C(=O)O.NC(CCl)C(=O)OCc1ccccc1. The van der Waals surface area contributed by atoms with Crippen molar-refractivity contribution in [1.29, 1.82) is 0 Å². The highest BCUT2D eigenvalue weighted by Gasteiger charge is 2.12. The summed E-state index contributed by atoms with van der Waals surface area (Å²) in [5, 5.41) is 7.87. The van der Waals surface area contributed by atoms with Crippen LogP contribution >= 0.6 is 11.6 Å². The predicted molar refractivity (Wildman–Crippen MR) is 76.2 cm³/mol. The monoisotopic (exact) mass is 302 g/mol. The Balaban J connectivity index is 0.000000511. The lowest BCUT2D eigenvalue weighted by atomic mass is 10.2. The second-order valence-electron chi connectivity index (χ2n) is 3.98. The van der Waals surface area contributed by atoms with Crippen LogP contribution in [-0.4, -0.2) is 35.0 Å². The lowest BCUT2D eigenvalue weighted by molar-refractivity contribution is -0.146. The molecule has 0 bridgehead atoms. The normalized spacial score (nSPS) is 12.6. The van der Waals surface area contributed by atoms with E-state index in [1.807, 2.05) is 30.3 Å². The Bertz CT molecular complexity index is 412. The highest BCUT2D eigenvalue weighted by molar-refractivity contribution is 6.19. The minimum atomic E-state index is -0.963. The molecule has 2 atom stereocenters. The van der Waals surface area contributed by atoms with Crippen LogP contribution in [0.15, 0.2) is 30.3 Å². The van der Waals surface area contributed by atoms with E-state index in [-0.39, 0.29) is 12.5 Å². The third-order valence-corrected chi connectivity index (χ3v) is 2.41. The summed E-state index contributed by atoms with van der Waals surface area (Å²) in [6.45, 7) is 1.66. The van der Waals surface area contributed by atoms with E-state index < -0.39 is 24.0 Å². The first-order chi connectivity index (χ1) is 9.38. The van der Waals surface area contributed by atoms with E-state index in [0.717, 1.165) is 5.56 Å². The fraction of sp³-hybridized carbons (Fsp3) is 0.385. The molecule has 0 spiro atoms. The van der Waals surface area contributed by atoms with Crippen molar-refractivity contribution >= 4 is 23.5 Å². The van der Waals surface area contributed by atoms with Crippen molar-refractivity contribution in [2.24, 2.45) is 11.5 Å². The van der Waals surface area contributed by atoms with E-state index >= 15 is 0 Å². The number of nitrogens with two attached hydrogens (primary N) is 2. The number of halogens is 1. The van der Waals surface area contributed by atoms with Crippen LogP contribution in [0.3, 0.4) is 0 Å². The molecule has 7 heteroatoms. The highest BCUT2D eigenvalue weighted by atomic mass is 35.5.